The second-order valence-corrected chi connectivity index (χ2v) is 3.25. The minimum absolute atomic E-state index is 0.0811. The quantitative estimate of drug-likeness (QED) is 0.805. The summed E-state index contributed by atoms with van der Waals surface area (Å²) in [5.41, 5.74) is 1.11. The van der Waals surface area contributed by atoms with Gasteiger partial charge in [0.05, 0.1) is 11.3 Å². The monoisotopic (exact) mass is 215 g/mol. The Morgan fingerprint density at radius 1 is 1.19 bits per heavy atom. The van der Waals surface area contributed by atoms with E-state index in [0.717, 1.165) is 0 Å². The Kier molecular flexibility index (Phi) is 2.55. The molecule has 0 atom stereocenters. The molecule has 0 aliphatic heterocycles. The summed E-state index contributed by atoms with van der Waals surface area (Å²) in [6, 6.07) is 9.50. The van der Waals surface area contributed by atoms with Gasteiger partial charge in [0.15, 0.2) is 0 Å². The molecule has 2 rings (SSSR count). The lowest BCUT2D eigenvalue weighted by Gasteiger charge is -2.03. The van der Waals surface area contributed by atoms with Crippen LogP contribution in [0.25, 0.3) is 11.3 Å². The molecule has 0 bridgehead atoms. The van der Waals surface area contributed by atoms with E-state index in [1.165, 1.54) is 24.4 Å². The number of hydrogen-bond donors (Lipinski definition) is 2. The highest BCUT2D eigenvalue weighted by atomic mass is 16.4. The summed E-state index contributed by atoms with van der Waals surface area (Å²) in [7, 11) is 0. The van der Waals surface area contributed by atoms with Gasteiger partial charge in [0.2, 0.25) is 0 Å². The van der Waals surface area contributed by atoms with E-state index < -0.39 is 5.97 Å². The van der Waals surface area contributed by atoms with Crippen LogP contribution >= 0.6 is 0 Å². The highest BCUT2D eigenvalue weighted by Crippen LogP contribution is 2.27. The van der Waals surface area contributed by atoms with Crippen LogP contribution in [0, 0.1) is 0 Å². The predicted octanol–water partition coefficient (Wildman–Crippen LogP) is 2.15. The largest absolute Gasteiger partial charge is 0.507 e. The first kappa shape index (κ1) is 10.2. The van der Waals surface area contributed by atoms with E-state index in [2.05, 4.69) is 4.98 Å². The fourth-order valence-electron chi connectivity index (χ4n) is 1.40. The number of nitrogens with zero attached hydrogens (tertiary/aromatic N) is 1. The summed E-state index contributed by atoms with van der Waals surface area (Å²) in [4.78, 5) is 14.8. The highest BCUT2D eigenvalue weighted by molar-refractivity contribution is 5.89. The van der Waals surface area contributed by atoms with Crippen LogP contribution in [0.3, 0.4) is 0 Å². The molecule has 1 heterocycles. The predicted molar refractivity (Wildman–Crippen MR) is 58.3 cm³/mol. The number of phenolic OH excluding ortho intramolecular Hbond substituents is 1. The van der Waals surface area contributed by atoms with Crippen molar-refractivity contribution in [1.29, 1.82) is 0 Å². The normalized spacial score (nSPS) is 10.0. The fourth-order valence-corrected chi connectivity index (χ4v) is 1.40. The molecule has 2 aromatic rings. The van der Waals surface area contributed by atoms with Gasteiger partial charge < -0.3 is 10.2 Å². The Morgan fingerprint density at radius 3 is 2.62 bits per heavy atom. The molecule has 1 aromatic heterocycles. The number of aromatic hydroxyl groups is 1. The maximum absolute atomic E-state index is 10.8. The lowest BCUT2D eigenvalue weighted by atomic mass is 10.1. The molecular weight excluding hydrogens is 206 g/mol. The average molecular weight is 215 g/mol. The molecular formula is C12H9NO3. The zero-order chi connectivity index (χ0) is 11.5. The topological polar surface area (TPSA) is 70.4 Å². The molecule has 0 unspecified atom stereocenters. The van der Waals surface area contributed by atoms with Crippen molar-refractivity contribution in [1.82, 2.24) is 4.98 Å². The first-order valence-electron chi connectivity index (χ1n) is 4.66. The van der Waals surface area contributed by atoms with Gasteiger partial charge in [-0.2, -0.15) is 0 Å². The van der Waals surface area contributed by atoms with Gasteiger partial charge in [-0.05, 0) is 24.3 Å². The highest BCUT2D eigenvalue weighted by Gasteiger charge is 2.08. The summed E-state index contributed by atoms with van der Waals surface area (Å²) in [5.74, 6) is -0.934. The van der Waals surface area contributed by atoms with Crippen LogP contribution in [0.1, 0.15) is 10.4 Å². The van der Waals surface area contributed by atoms with E-state index in [-0.39, 0.29) is 11.3 Å². The van der Waals surface area contributed by atoms with Crippen LogP contribution < -0.4 is 0 Å². The van der Waals surface area contributed by atoms with Crippen molar-refractivity contribution in [2.75, 3.05) is 0 Å². The standard InChI is InChI=1S/C12H9NO3/c14-11-4-2-1-3-9(11)10-7-8(12(15)16)5-6-13-10/h1-7,14H,(H,15,16). The van der Waals surface area contributed by atoms with Gasteiger partial charge in [-0.25, -0.2) is 4.79 Å². The average Bonchev–Trinajstić information content (AvgIpc) is 2.30. The van der Waals surface area contributed by atoms with Crippen LogP contribution in [0.4, 0.5) is 0 Å². The van der Waals surface area contributed by atoms with Crippen LogP contribution in [-0.2, 0) is 0 Å². The Bertz CT molecular complexity index is 537. The van der Waals surface area contributed by atoms with Crippen molar-refractivity contribution >= 4 is 5.97 Å². The molecule has 0 aliphatic carbocycles. The van der Waals surface area contributed by atoms with E-state index in [4.69, 9.17) is 5.11 Å². The number of para-hydroxylation sites is 1. The van der Waals surface area contributed by atoms with E-state index in [1.54, 1.807) is 18.2 Å². The molecule has 16 heavy (non-hydrogen) atoms. The smallest absolute Gasteiger partial charge is 0.335 e. The molecule has 4 heteroatoms. The van der Waals surface area contributed by atoms with Crippen molar-refractivity contribution in [3.63, 3.8) is 0 Å². The summed E-state index contributed by atoms with van der Waals surface area (Å²) >= 11 is 0. The number of pyridine rings is 1. The minimum Gasteiger partial charge on any atom is -0.507 e. The third-order valence-electron chi connectivity index (χ3n) is 2.19. The first-order chi connectivity index (χ1) is 7.68. The lowest BCUT2D eigenvalue weighted by Crippen LogP contribution is -1.97. The number of aromatic carboxylic acids is 1. The Hall–Kier alpha value is -2.36. The molecule has 0 saturated heterocycles. The number of carboxylic acids is 1. The van der Waals surface area contributed by atoms with Gasteiger partial charge in [0.1, 0.15) is 5.75 Å². The molecule has 0 radical (unpaired) electrons. The van der Waals surface area contributed by atoms with Gasteiger partial charge in [-0.1, -0.05) is 12.1 Å². The van der Waals surface area contributed by atoms with Gasteiger partial charge >= 0.3 is 5.97 Å². The number of carboxylic acid groups (broad SMARTS) is 1. The maximum atomic E-state index is 10.8. The zero-order valence-corrected chi connectivity index (χ0v) is 8.29. The van der Waals surface area contributed by atoms with Crippen molar-refractivity contribution in [2.45, 2.75) is 0 Å². The van der Waals surface area contributed by atoms with Gasteiger partial charge in [-0.15, -0.1) is 0 Å². The molecule has 2 N–H and O–H groups in total. The Morgan fingerprint density at radius 2 is 1.94 bits per heavy atom. The summed E-state index contributed by atoms with van der Waals surface area (Å²) in [6.07, 6.45) is 1.41. The van der Waals surface area contributed by atoms with Crippen LogP contribution in [-0.4, -0.2) is 21.2 Å². The molecule has 0 saturated carbocycles. The van der Waals surface area contributed by atoms with E-state index >= 15 is 0 Å². The van der Waals surface area contributed by atoms with E-state index in [0.29, 0.717) is 11.3 Å². The third kappa shape index (κ3) is 1.86. The second-order valence-electron chi connectivity index (χ2n) is 3.25. The molecule has 80 valence electrons. The Balaban J connectivity index is 2.53. The van der Waals surface area contributed by atoms with E-state index in [9.17, 15) is 9.90 Å². The SMILES string of the molecule is O=C(O)c1ccnc(-c2ccccc2O)c1. The minimum atomic E-state index is -1.01. The third-order valence-corrected chi connectivity index (χ3v) is 2.19. The molecule has 0 spiro atoms. The van der Waals surface area contributed by atoms with Gasteiger partial charge in [-0.3, -0.25) is 4.98 Å². The van der Waals surface area contributed by atoms with Crippen LogP contribution in [0.5, 0.6) is 5.75 Å². The van der Waals surface area contributed by atoms with Crippen molar-refractivity contribution in [3.8, 4) is 17.0 Å². The summed E-state index contributed by atoms with van der Waals surface area (Å²) < 4.78 is 0. The van der Waals surface area contributed by atoms with Gasteiger partial charge in [0.25, 0.3) is 0 Å². The summed E-state index contributed by atoms with van der Waals surface area (Å²) in [5, 5.41) is 18.4. The van der Waals surface area contributed by atoms with Gasteiger partial charge in [0, 0.05) is 11.8 Å². The van der Waals surface area contributed by atoms with Crippen LogP contribution in [0.2, 0.25) is 0 Å². The number of aromatic nitrogens is 1. The zero-order valence-electron chi connectivity index (χ0n) is 8.29. The molecule has 0 fully saturated rings. The number of phenols is 1. The second kappa shape index (κ2) is 4.02. The summed E-state index contributed by atoms with van der Waals surface area (Å²) in [6.45, 7) is 0. The van der Waals surface area contributed by atoms with Crippen LogP contribution in [0.15, 0.2) is 42.6 Å². The first-order valence-corrected chi connectivity index (χ1v) is 4.66. The number of carbonyl (C=O) groups is 1. The fraction of sp³-hybridized carbons (Fsp3) is 0. The maximum Gasteiger partial charge on any atom is 0.335 e. The van der Waals surface area contributed by atoms with Crippen molar-refractivity contribution < 1.29 is 15.0 Å². The van der Waals surface area contributed by atoms with Crippen molar-refractivity contribution in [3.05, 3.63) is 48.2 Å². The van der Waals surface area contributed by atoms with Crippen molar-refractivity contribution in [2.24, 2.45) is 0 Å². The van der Waals surface area contributed by atoms with E-state index in [1.807, 2.05) is 0 Å². The molecule has 4 nitrogen and oxygen atoms in total. The number of benzene rings is 1. The molecule has 0 amide bonds. The Labute approximate surface area is 91.8 Å². The number of hydrogen-bond acceptors (Lipinski definition) is 3. The molecule has 0 aliphatic rings. The molecule has 1 aromatic carbocycles. The number of rotatable bonds is 2. The lowest BCUT2D eigenvalue weighted by molar-refractivity contribution is 0.0697.